The first kappa shape index (κ1) is 14.2. The maximum atomic E-state index is 6.10. The van der Waals surface area contributed by atoms with Gasteiger partial charge in [-0.2, -0.15) is 5.10 Å². The molecule has 4 nitrogen and oxygen atoms in total. The van der Waals surface area contributed by atoms with Gasteiger partial charge in [0.2, 0.25) is 5.96 Å². The fourth-order valence-electron chi connectivity index (χ4n) is 1.62. The Morgan fingerprint density at radius 3 is 2.82 bits per heavy atom. The summed E-state index contributed by atoms with van der Waals surface area (Å²) in [5.41, 5.74) is 7.62. The molecule has 2 N–H and O–H groups in total. The monoisotopic (exact) mass is 364 g/mol. The molecule has 0 amide bonds. The average molecular weight is 365 g/mol. The van der Waals surface area contributed by atoms with E-state index in [0.717, 1.165) is 29.3 Å². The summed E-state index contributed by atoms with van der Waals surface area (Å²) in [4.78, 5) is 3.90. The van der Waals surface area contributed by atoms with E-state index >= 15 is 0 Å². The Balaban J connectivity index is 0.00000144. The van der Waals surface area contributed by atoms with E-state index in [1.807, 2.05) is 24.3 Å². The van der Waals surface area contributed by atoms with Crippen LogP contribution in [0.1, 0.15) is 12.0 Å². The summed E-state index contributed by atoms with van der Waals surface area (Å²) in [7, 11) is 1.65. The van der Waals surface area contributed by atoms with Gasteiger partial charge in [0.1, 0.15) is 0 Å². The molecule has 0 unspecified atom stereocenters. The van der Waals surface area contributed by atoms with Gasteiger partial charge in [-0.15, -0.1) is 24.0 Å². The minimum absolute atomic E-state index is 0. The lowest BCUT2D eigenvalue weighted by Crippen LogP contribution is -2.31. The number of guanidine groups is 1. The first-order chi connectivity index (χ1) is 7.72. The molecule has 1 aliphatic heterocycles. The van der Waals surface area contributed by atoms with Gasteiger partial charge in [0.05, 0.1) is 12.3 Å². The van der Waals surface area contributed by atoms with Crippen LogP contribution in [0.5, 0.6) is 0 Å². The van der Waals surface area contributed by atoms with E-state index in [1.165, 1.54) is 0 Å². The number of hydrogen-bond acceptors (Lipinski definition) is 2. The van der Waals surface area contributed by atoms with Crippen LogP contribution in [0.3, 0.4) is 0 Å². The molecule has 0 aliphatic carbocycles. The standard InChI is InChI=1S/C11H13ClN4.HI/c1-14-11(13)16-7-6-10(15-16)8-4-2-3-5-9(8)12;/h2-5H,6-7H2,1H3,(H2,13,14);1H. The molecule has 0 saturated carbocycles. The molecule has 0 fully saturated rings. The molecule has 6 heteroatoms. The SMILES string of the molecule is CN=C(N)N1CCC(c2ccccc2Cl)=N1.I. The van der Waals surface area contributed by atoms with Gasteiger partial charge >= 0.3 is 0 Å². The van der Waals surface area contributed by atoms with Crippen molar-refractivity contribution in [1.82, 2.24) is 5.01 Å². The molecule has 0 bridgehead atoms. The number of hydrogen-bond donors (Lipinski definition) is 1. The van der Waals surface area contributed by atoms with Crippen LogP contribution in [0.15, 0.2) is 34.4 Å². The third-order valence-electron chi connectivity index (χ3n) is 2.48. The summed E-state index contributed by atoms with van der Waals surface area (Å²) in [6, 6.07) is 7.67. The van der Waals surface area contributed by atoms with E-state index < -0.39 is 0 Å². The van der Waals surface area contributed by atoms with Crippen molar-refractivity contribution in [2.75, 3.05) is 13.6 Å². The molecule has 2 rings (SSSR count). The van der Waals surface area contributed by atoms with Crippen LogP contribution >= 0.6 is 35.6 Å². The Hall–Kier alpha value is -0.820. The van der Waals surface area contributed by atoms with Crippen LogP contribution in [0.25, 0.3) is 0 Å². The molecule has 92 valence electrons. The second-order valence-electron chi connectivity index (χ2n) is 3.48. The van der Waals surface area contributed by atoms with Crippen LogP contribution in [0.4, 0.5) is 0 Å². The van der Waals surface area contributed by atoms with Crippen molar-refractivity contribution in [3.63, 3.8) is 0 Å². The summed E-state index contributed by atoms with van der Waals surface area (Å²) in [5.74, 6) is 0.432. The van der Waals surface area contributed by atoms with Crippen molar-refractivity contribution < 1.29 is 0 Å². The topological polar surface area (TPSA) is 54.0 Å². The Labute approximate surface area is 123 Å². The van der Waals surface area contributed by atoms with Crippen molar-refractivity contribution >= 4 is 47.2 Å². The highest BCUT2D eigenvalue weighted by molar-refractivity contribution is 14.0. The number of rotatable bonds is 1. The number of benzene rings is 1. The van der Waals surface area contributed by atoms with Gasteiger partial charge in [-0.3, -0.25) is 4.99 Å². The van der Waals surface area contributed by atoms with Crippen LogP contribution in [0.2, 0.25) is 5.02 Å². The predicted octanol–water partition coefficient (Wildman–Crippen LogP) is 2.31. The fourth-order valence-corrected chi connectivity index (χ4v) is 1.87. The highest BCUT2D eigenvalue weighted by Crippen LogP contribution is 2.20. The summed E-state index contributed by atoms with van der Waals surface area (Å²) in [5, 5.41) is 6.81. The smallest absolute Gasteiger partial charge is 0.211 e. The van der Waals surface area contributed by atoms with Crippen molar-refractivity contribution in [2.24, 2.45) is 15.8 Å². The number of nitrogens with zero attached hydrogens (tertiary/aromatic N) is 3. The molecule has 0 saturated heterocycles. The lowest BCUT2D eigenvalue weighted by atomic mass is 10.1. The van der Waals surface area contributed by atoms with Gasteiger partial charge < -0.3 is 5.73 Å². The fraction of sp³-hybridized carbons (Fsp3) is 0.273. The predicted molar refractivity (Wildman–Crippen MR) is 82.3 cm³/mol. The van der Waals surface area contributed by atoms with Crippen molar-refractivity contribution in [3.05, 3.63) is 34.9 Å². The number of nitrogens with two attached hydrogens (primary N) is 1. The van der Waals surface area contributed by atoms with E-state index in [2.05, 4.69) is 10.1 Å². The highest BCUT2D eigenvalue weighted by Gasteiger charge is 2.19. The van der Waals surface area contributed by atoms with Crippen LogP contribution in [-0.4, -0.2) is 30.3 Å². The van der Waals surface area contributed by atoms with Crippen LogP contribution < -0.4 is 5.73 Å². The summed E-state index contributed by atoms with van der Waals surface area (Å²) in [6.07, 6.45) is 0.833. The summed E-state index contributed by atoms with van der Waals surface area (Å²) in [6.45, 7) is 0.754. The lowest BCUT2D eigenvalue weighted by Gasteiger charge is -2.10. The molecule has 17 heavy (non-hydrogen) atoms. The summed E-state index contributed by atoms with van der Waals surface area (Å²) < 4.78 is 0. The minimum atomic E-state index is 0. The third kappa shape index (κ3) is 3.10. The van der Waals surface area contributed by atoms with Gasteiger partial charge in [0.15, 0.2) is 0 Å². The van der Waals surface area contributed by atoms with Gasteiger partial charge in [-0.25, -0.2) is 5.01 Å². The zero-order valence-corrected chi connectivity index (χ0v) is 12.5. The minimum Gasteiger partial charge on any atom is -0.368 e. The van der Waals surface area contributed by atoms with E-state index in [-0.39, 0.29) is 24.0 Å². The lowest BCUT2D eigenvalue weighted by molar-refractivity contribution is 0.484. The normalized spacial score (nSPS) is 15.5. The molecule has 1 aromatic carbocycles. The molecule has 0 spiro atoms. The largest absolute Gasteiger partial charge is 0.368 e. The molecule has 1 aromatic rings. The van der Waals surface area contributed by atoms with Gasteiger partial charge in [-0.1, -0.05) is 29.8 Å². The first-order valence-corrected chi connectivity index (χ1v) is 5.42. The Morgan fingerprint density at radius 2 is 2.18 bits per heavy atom. The second-order valence-corrected chi connectivity index (χ2v) is 3.89. The third-order valence-corrected chi connectivity index (χ3v) is 2.81. The molecule has 0 radical (unpaired) electrons. The maximum absolute atomic E-state index is 6.10. The highest BCUT2D eigenvalue weighted by atomic mass is 127. The van der Waals surface area contributed by atoms with Gasteiger partial charge in [-0.05, 0) is 6.07 Å². The number of aliphatic imine (C=N–C) groups is 1. The number of halogens is 2. The second kappa shape index (κ2) is 6.20. The van der Waals surface area contributed by atoms with Crippen LogP contribution in [-0.2, 0) is 0 Å². The quantitative estimate of drug-likeness (QED) is 0.472. The van der Waals surface area contributed by atoms with E-state index in [1.54, 1.807) is 12.1 Å². The zero-order chi connectivity index (χ0) is 11.5. The Kier molecular flexibility index (Phi) is 5.20. The van der Waals surface area contributed by atoms with Crippen molar-refractivity contribution in [1.29, 1.82) is 0 Å². The molecular formula is C11H14ClIN4. The average Bonchev–Trinajstić information content (AvgIpc) is 2.78. The van der Waals surface area contributed by atoms with E-state index in [4.69, 9.17) is 17.3 Å². The first-order valence-electron chi connectivity index (χ1n) is 5.04. The van der Waals surface area contributed by atoms with Crippen molar-refractivity contribution in [2.45, 2.75) is 6.42 Å². The van der Waals surface area contributed by atoms with Crippen LogP contribution in [0, 0.1) is 0 Å². The summed E-state index contributed by atoms with van der Waals surface area (Å²) >= 11 is 6.10. The molecular weight excluding hydrogens is 351 g/mol. The van der Waals surface area contributed by atoms with Gasteiger partial charge in [0.25, 0.3) is 0 Å². The molecule has 1 aliphatic rings. The zero-order valence-electron chi connectivity index (χ0n) is 9.43. The molecule has 0 atom stereocenters. The van der Waals surface area contributed by atoms with Crippen molar-refractivity contribution in [3.8, 4) is 0 Å². The maximum Gasteiger partial charge on any atom is 0.211 e. The Bertz CT molecular complexity index is 459. The van der Waals surface area contributed by atoms with E-state index in [9.17, 15) is 0 Å². The number of hydrazone groups is 1. The van der Waals surface area contributed by atoms with Gasteiger partial charge in [0, 0.05) is 24.1 Å². The molecule has 1 heterocycles. The molecule has 0 aromatic heterocycles. The Morgan fingerprint density at radius 1 is 1.47 bits per heavy atom. The van der Waals surface area contributed by atoms with E-state index in [0.29, 0.717) is 5.96 Å².